The third kappa shape index (κ3) is 2.00. The number of hydrogen-bond acceptors (Lipinski definition) is 4. The average molecular weight is 211 g/mol. The topological polar surface area (TPSA) is 32.6 Å². The lowest BCUT2D eigenvalue weighted by Crippen LogP contribution is -1.90. The van der Waals surface area contributed by atoms with E-state index in [1.165, 1.54) is 5.56 Å². The van der Waals surface area contributed by atoms with Crippen LogP contribution < -0.4 is 0 Å². The molecule has 4 heteroatoms. The second-order valence-corrected chi connectivity index (χ2v) is 5.15. The standard InChI is InChI=1S/C9H9NOS2/c11-10-9-12-6-8(13-9)7-4-2-1-3-5-7/h1-5,8,11H,6H2. The summed E-state index contributed by atoms with van der Waals surface area (Å²) >= 11 is 3.23. The molecule has 1 N–H and O–H groups in total. The van der Waals surface area contributed by atoms with Crippen LogP contribution in [0.5, 0.6) is 0 Å². The van der Waals surface area contributed by atoms with Crippen LogP contribution in [0.15, 0.2) is 35.5 Å². The lowest BCUT2D eigenvalue weighted by molar-refractivity contribution is 0.322. The number of thioether (sulfide) groups is 2. The first kappa shape index (κ1) is 8.97. The van der Waals surface area contributed by atoms with Gasteiger partial charge >= 0.3 is 0 Å². The zero-order valence-electron chi connectivity index (χ0n) is 6.88. The zero-order valence-corrected chi connectivity index (χ0v) is 8.52. The van der Waals surface area contributed by atoms with Crippen LogP contribution in [0.25, 0.3) is 0 Å². The van der Waals surface area contributed by atoms with Gasteiger partial charge in [-0.15, -0.1) is 0 Å². The highest BCUT2D eigenvalue weighted by molar-refractivity contribution is 8.41. The second-order valence-electron chi connectivity index (χ2n) is 2.69. The fourth-order valence-corrected chi connectivity index (χ4v) is 3.65. The number of rotatable bonds is 1. The summed E-state index contributed by atoms with van der Waals surface area (Å²) in [6.45, 7) is 0. The molecule has 1 aliphatic heterocycles. The van der Waals surface area contributed by atoms with Crippen LogP contribution in [-0.4, -0.2) is 15.3 Å². The van der Waals surface area contributed by atoms with Crippen LogP contribution in [0.4, 0.5) is 0 Å². The predicted octanol–water partition coefficient (Wildman–Crippen LogP) is 2.95. The third-order valence-electron chi connectivity index (χ3n) is 1.85. The summed E-state index contributed by atoms with van der Waals surface area (Å²) in [5.41, 5.74) is 1.30. The van der Waals surface area contributed by atoms with Gasteiger partial charge in [-0.25, -0.2) is 0 Å². The Morgan fingerprint density at radius 1 is 1.31 bits per heavy atom. The van der Waals surface area contributed by atoms with Crippen molar-refractivity contribution >= 4 is 27.9 Å². The molecular formula is C9H9NOS2. The molecule has 1 aromatic carbocycles. The second kappa shape index (κ2) is 4.07. The van der Waals surface area contributed by atoms with E-state index in [0.717, 1.165) is 10.1 Å². The Morgan fingerprint density at radius 2 is 2.08 bits per heavy atom. The van der Waals surface area contributed by atoms with Crippen molar-refractivity contribution in [1.82, 2.24) is 0 Å². The van der Waals surface area contributed by atoms with Gasteiger partial charge in [-0.2, -0.15) is 0 Å². The fraction of sp³-hybridized carbons (Fsp3) is 0.222. The largest absolute Gasteiger partial charge is 0.410 e. The van der Waals surface area contributed by atoms with Crippen molar-refractivity contribution in [1.29, 1.82) is 0 Å². The van der Waals surface area contributed by atoms with E-state index in [0.29, 0.717) is 5.25 Å². The number of nitrogens with zero attached hydrogens (tertiary/aromatic N) is 1. The lowest BCUT2D eigenvalue weighted by Gasteiger charge is -2.05. The Hall–Kier alpha value is -0.610. The molecule has 0 radical (unpaired) electrons. The smallest absolute Gasteiger partial charge is 0.169 e. The van der Waals surface area contributed by atoms with Crippen LogP contribution in [0.3, 0.4) is 0 Å². The van der Waals surface area contributed by atoms with Crippen molar-refractivity contribution in [3.8, 4) is 0 Å². The summed E-state index contributed by atoms with van der Waals surface area (Å²) in [5, 5.41) is 12.2. The van der Waals surface area contributed by atoms with E-state index in [9.17, 15) is 0 Å². The number of oxime groups is 1. The average Bonchev–Trinajstić information content (AvgIpc) is 2.67. The molecule has 1 saturated heterocycles. The molecule has 1 heterocycles. The van der Waals surface area contributed by atoms with Gasteiger partial charge in [-0.3, -0.25) is 0 Å². The molecule has 0 aromatic heterocycles. The molecule has 1 aliphatic rings. The maximum absolute atomic E-state index is 8.58. The van der Waals surface area contributed by atoms with Gasteiger partial charge in [0.2, 0.25) is 0 Å². The Morgan fingerprint density at radius 3 is 2.69 bits per heavy atom. The van der Waals surface area contributed by atoms with Crippen molar-refractivity contribution < 1.29 is 5.21 Å². The van der Waals surface area contributed by atoms with Crippen molar-refractivity contribution in [3.05, 3.63) is 35.9 Å². The maximum atomic E-state index is 8.58. The van der Waals surface area contributed by atoms with Crippen LogP contribution in [0.1, 0.15) is 10.8 Å². The summed E-state index contributed by atoms with van der Waals surface area (Å²) < 4.78 is 0.772. The van der Waals surface area contributed by atoms with E-state index in [1.54, 1.807) is 23.5 Å². The summed E-state index contributed by atoms with van der Waals surface area (Å²) in [6, 6.07) is 10.3. The monoisotopic (exact) mass is 211 g/mol. The molecule has 2 rings (SSSR count). The molecular weight excluding hydrogens is 202 g/mol. The number of benzene rings is 1. The molecule has 0 saturated carbocycles. The molecule has 1 atom stereocenters. The summed E-state index contributed by atoms with van der Waals surface area (Å²) in [7, 11) is 0. The van der Waals surface area contributed by atoms with Crippen molar-refractivity contribution in [2.75, 3.05) is 5.75 Å². The third-order valence-corrected chi connectivity index (χ3v) is 4.54. The molecule has 68 valence electrons. The minimum Gasteiger partial charge on any atom is -0.410 e. The van der Waals surface area contributed by atoms with Gasteiger partial charge in [0.05, 0.1) is 0 Å². The minimum absolute atomic E-state index is 0.442. The lowest BCUT2D eigenvalue weighted by atomic mass is 10.2. The van der Waals surface area contributed by atoms with Gasteiger partial charge in [-0.1, -0.05) is 59.0 Å². The van der Waals surface area contributed by atoms with E-state index < -0.39 is 0 Å². The molecule has 13 heavy (non-hydrogen) atoms. The summed E-state index contributed by atoms with van der Waals surface area (Å²) in [5.74, 6) is 0.994. The van der Waals surface area contributed by atoms with Gasteiger partial charge in [-0.05, 0) is 5.56 Å². The highest BCUT2D eigenvalue weighted by Crippen LogP contribution is 2.43. The van der Waals surface area contributed by atoms with Crippen LogP contribution in [-0.2, 0) is 0 Å². The first-order valence-electron chi connectivity index (χ1n) is 3.96. The normalized spacial score (nSPS) is 25.2. The van der Waals surface area contributed by atoms with Gasteiger partial charge in [0.1, 0.15) is 0 Å². The predicted molar refractivity (Wildman–Crippen MR) is 58.5 cm³/mol. The highest BCUT2D eigenvalue weighted by Gasteiger charge is 2.23. The van der Waals surface area contributed by atoms with Crippen LogP contribution in [0.2, 0.25) is 0 Å². The van der Waals surface area contributed by atoms with Gasteiger partial charge in [0.25, 0.3) is 0 Å². The van der Waals surface area contributed by atoms with Crippen LogP contribution >= 0.6 is 23.5 Å². The Kier molecular flexibility index (Phi) is 2.80. The molecule has 0 bridgehead atoms. The van der Waals surface area contributed by atoms with Crippen LogP contribution in [0, 0.1) is 0 Å². The summed E-state index contributed by atoms with van der Waals surface area (Å²) in [6.07, 6.45) is 0. The van der Waals surface area contributed by atoms with E-state index in [4.69, 9.17) is 5.21 Å². The molecule has 0 amide bonds. The van der Waals surface area contributed by atoms with E-state index in [2.05, 4.69) is 17.3 Å². The zero-order chi connectivity index (χ0) is 9.10. The summed E-state index contributed by atoms with van der Waals surface area (Å²) in [4.78, 5) is 0. The SMILES string of the molecule is ON=C1SCC(c2ccccc2)S1. The quantitative estimate of drug-likeness (QED) is 0.572. The maximum Gasteiger partial charge on any atom is 0.169 e. The Balaban J connectivity index is 2.13. The van der Waals surface area contributed by atoms with E-state index >= 15 is 0 Å². The molecule has 1 aromatic rings. The van der Waals surface area contributed by atoms with Crippen molar-refractivity contribution in [2.24, 2.45) is 5.16 Å². The fourth-order valence-electron chi connectivity index (χ4n) is 1.22. The molecule has 1 fully saturated rings. The highest BCUT2D eigenvalue weighted by atomic mass is 32.2. The molecule has 0 aliphatic carbocycles. The van der Waals surface area contributed by atoms with E-state index in [1.807, 2.05) is 18.2 Å². The molecule has 2 nitrogen and oxygen atoms in total. The first-order valence-corrected chi connectivity index (χ1v) is 5.83. The minimum atomic E-state index is 0.442. The van der Waals surface area contributed by atoms with Crippen molar-refractivity contribution in [2.45, 2.75) is 5.25 Å². The van der Waals surface area contributed by atoms with Gasteiger partial charge < -0.3 is 5.21 Å². The van der Waals surface area contributed by atoms with E-state index in [-0.39, 0.29) is 0 Å². The molecule has 0 spiro atoms. The van der Waals surface area contributed by atoms with Crippen molar-refractivity contribution in [3.63, 3.8) is 0 Å². The Bertz CT molecular complexity index is 313. The first-order chi connectivity index (χ1) is 6.40. The van der Waals surface area contributed by atoms with Gasteiger partial charge in [0.15, 0.2) is 4.38 Å². The molecule has 1 unspecified atom stereocenters. The number of hydrogen-bond donors (Lipinski definition) is 1. The van der Waals surface area contributed by atoms with Gasteiger partial charge in [0, 0.05) is 11.0 Å². The Labute approximate surface area is 85.4 Å².